The zero-order valence-electron chi connectivity index (χ0n) is 52.3. The molecular weight excluding hydrogens is 1110 g/mol. The van der Waals surface area contributed by atoms with Crippen LogP contribution in [0, 0.1) is 11.8 Å². The van der Waals surface area contributed by atoms with Gasteiger partial charge in [-0.15, -0.1) is 0 Å². The molecular formula is C70H98N10O8. The number of likely N-dealkylation sites (tertiary alicyclic amines) is 2. The lowest BCUT2D eigenvalue weighted by Gasteiger charge is -2.37. The van der Waals surface area contributed by atoms with Crippen molar-refractivity contribution in [1.29, 1.82) is 0 Å². The highest BCUT2D eigenvalue weighted by molar-refractivity contribution is 5.96. The van der Waals surface area contributed by atoms with Gasteiger partial charge in [-0.2, -0.15) is 0 Å². The van der Waals surface area contributed by atoms with Crippen molar-refractivity contribution in [3.63, 3.8) is 0 Å². The fourth-order valence-electron chi connectivity index (χ4n) is 13.8. The number of hydrogen-bond acceptors (Lipinski definition) is 11. The topological polar surface area (TPSA) is 242 Å². The van der Waals surface area contributed by atoms with Crippen LogP contribution < -0.4 is 42.5 Å². The number of amides is 7. The van der Waals surface area contributed by atoms with E-state index in [2.05, 4.69) is 42.5 Å². The van der Waals surface area contributed by atoms with Crippen LogP contribution in [0.5, 0.6) is 0 Å². The number of hydrogen-bond donors (Lipinski definition) is 9. The molecule has 2 aliphatic heterocycles. The highest BCUT2D eigenvalue weighted by Crippen LogP contribution is 2.35. The van der Waals surface area contributed by atoms with E-state index in [1.54, 1.807) is 37.7 Å². The molecule has 4 aromatic carbocycles. The molecule has 4 aliphatic rings. The average Bonchev–Trinajstić information content (AvgIpc) is 4.40. The largest absolute Gasteiger partial charge is 0.376 e. The van der Waals surface area contributed by atoms with Crippen LogP contribution in [0.3, 0.4) is 0 Å². The molecule has 0 bridgehead atoms. The van der Waals surface area contributed by atoms with E-state index in [-0.39, 0.29) is 47.3 Å². The standard InChI is InChI=1S/C70H98N10O8/c1-47(71-3)63(81)75-59(53-37-21-11-22-38-53)69(87)79-45-27-41-55(79)65(83)77-61(57(49-29-13-7-14-30-49)50-31-15-8-16-32-50)67(85)73-43-25-5-6-26-44-74-68(86)62(58(51-33-17-9-18-34-51)52-35-19-10-20-36-52)78-66(84)56-42-28-46-80(56)70(88)60(54-39-23-12-24-40-54)76-64(82)48(2)72-4/h7-10,13-20,29-36,47-48,53-62,67,71-73,85H,5-6,11-12,21-28,37-46H2,1-4H3,(H,74,86)(H,75,81)(H,76,82)(H,77,83)(H,78,84)/t47-,48-,55-,56-,59-,60-,61-,62-,67?/m0/s1. The minimum Gasteiger partial charge on any atom is -0.376 e. The fourth-order valence-corrected chi connectivity index (χ4v) is 13.8. The Kier molecular flexibility index (Phi) is 26.0. The maximum atomic E-state index is 14.8. The summed E-state index contributed by atoms with van der Waals surface area (Å²) < 4.78 is 0. The van der Waals surface area contributed by atoms with Crippen LogP contribution in [0.1, 0.15) is 164 Å². The first-order chi connectivity index (χ1) is 42.8. The lowest BCUT2D eigenvalue weighted by molar-refractivity contribution is -0.143. The molecule has 18 nitrogen and oxygen atoms in total. The van der Waals surface area contributed by atoms with Crippen LogP contribution in [0.4, 0.5) is 0 Å². The Morgan fingerprint density at radius 2 is 0.841 bits per heavy atom. The summed E-state index contributed by atoms with van der Waals surface area (Å²) in [6.07, 6.45) is 13.1. The lowest BCUT2D eigenvalue weighted by Crippen LogP contribution is -2.60. The van der Waals surface area contributed by atoms with E-state index in [1.165, 1.54) is 0 Å². The summed E-state index contributed by atoms with van der Waals surface area (Å²) in [6, 6.07) is 32.9. The monoisotopic (exact) mass is 1210 g/mol. The number of nitrogens with one attached hydrogen (secondary N) is 8. The number of benzene rings is 4. The summed E-state index contributed by atoms with van der Waals surface area (Å²) in [5.74, 6) is -3.23. The Hall–Kier alpha value is -6.99. The van der Waals surface area contributed by atoms with Crippen LogP contribution in [-0.4, -0.2) is 151 Å². The predicted octanol–water partition coefficient (Wildman–Crippen LogP) is 6.53. The van der Waals surface area contributed by atoms with E-state index < -0.39 is 72.3 Å². The Morgan fingerprint density at radius 1 is 0.455 bits per heavy atom. The molecule has 4 fully saturated rings. The van der Waals surface area contributed by atoms with Crippen molar-refractivity contribution in [2.75, 3.05) is 40.3 Å². The van der Waals surface area contributed by atoms with Gasteiger partial charge in [0.2, 0.25) is 41.4 Å². The fraction of sp³-hybridized carbons (Fsp3) is 0.557. The van der Waals surface area contributed by atoms with E-state index >= 15 is 0 Å². The Morgan fingerprint density at radius 3 is 1.25 bits per heavy atom. The molecule has 9 atom stereocenters. The SMILES string of the molecule is CN[C@@H](C)C(=O)N[C@H](C(=O)N1CCC[C@H]1C(=O)N[C@H](C(O)NCCCCCCNC(=O)[C@@H](NC(=O)[C@@H]1CCCN1C(=O)[C@@H](NC(=O)[C@H](C)NC)C1CCCCC1)C(c1ccccc1)c1ccccc1)C(c1ccccc1)c1ccccc1)C1CCCCC1. The summed E-state index contributed by atoms with van der Waals surface area (Å²) >= 11 is 0. The van der Waals surface area contributed by atoms with Crippen molar-refractivity contribution in [1.82, 2.24) is 52.3 Å². The molecule has 8 rings (SSSR count). The molecule has 2 aliphatic carbocycles. The Bertz CT molecular complexity index is 2760. The van der Waals surface area contributed by atoms with E-state index in [4.69, 9.17) is 0 Å². The molecule has 2 heterocycles. The van der Waals surface area contributed by atoms with Gasteiger partial charge in [-0.1, -0.05) is 173 Å². The number of likely N-dealkylation sites (N-methyl/N-ethyl adjacent to an activating group) is 2. The van der Waals surface area contributed by atoms with Crippen LogP contribution in [0.15, 0.2) is 121 Å². The smallest absolute Gasteiger partial charge is 0.246 e. The molecule has 0 spiro atoms. The summed E-state index contributed by atoms with van der Waals surface area (Å²) in [4.78, 5) is 104. The van der Waals surface area contributed by atoms with Crippen LogP contribution in [0.25, 0.3) is 0 Å². The number of carbonyl (C=O) groups excluding carboxylic acids is 7. The van der Waals surface area contributed by atoms with Crippen molar-refractivity contribution in [2.24, 2.45) is 11.8 Å². The van der Waals surface area contributed by atoms with Crippen LogP contribution >= 0.6 is 0 Å². The van der Waals surface area contributed by atoms with Gasteiger partial charge >= 0.3 is 0 Å². The first kappa shape index (κ1) is 67.0. The second-order valence-corrected chi connectivity index (χ2v) is 24.9. The third kappa shape index (κ3) is 17.9. The summed E-state index contributed by atoms with van der Waals surface area (Å²) in [7, 11) is 3.42. The first-order valence-corrected chi connectivity index (χ1v) is 32.8. The van der Waals surface area contributed by atoms with E-state index in [0.29, 0.717) is 64.7 Å². The molecule has 9 N–H and O–H groups in total. The summed E-state index contributed by atoms with van der Waals surface area (Å²) in [5.41, 5.74) is 3.49. The zero-order valence-corrected chi connectivity index (χ0v) is 52.3. The number of nitrogens with zero attached hydrogens (tertiary/aromatic N) is 2. The van der Waals surface area contributed by atoms with Gasteiger partial charge in [-0.3, -0.25) is 38.9 Å². The summed E-state index contributed by atoms with van der Waals surface area (Å²) in [6.45, 7) is 5.04. The normalized spacial score (nSPS) is 19.9. The quantitative estimate of drug-likeness (QED) is 0.0201. The van der Waals surface area contributed by atoms with Crippen LogP contribution in [0.2, 0.25) is 0 Å². The van der Waals surface area contributed by atoms with Gasteiger partial charge in [-0.25, -0.2) is 0 Å². The van der Waals surface area contributed by atoms with E-state index in [9.17, 15) is 38.7 Å². The lowest BCUT2D eigenvalue weighted by atomic mass is 9.83. The Labute approximate surface area is 521 Å². The molecule has 88 heavy (non-hydrogen) atoms. The van der Waals surface area contributed by atoms with Gasteiger partial charge in [0.25, 0.3) is 0 Å². The molecule has 7 amide bonds. The molecule has 2 saturated carbocycles. The van der Waals surface area contributed by atoms with Crippen molar-refractivity contribution >= 4 is 41.4 Å². The molecule has 4 aromatic rings. The van der Waals surface area contributed by atoms with Crippen molar-refractivity contribution < 1.29 is 38.7 Å². The van der Waals surface area contributed by atoms with Crippen LogP contribution in [-0.2, 0) is 33.6 Å². The third-order valence-electron chi connectivity index (χ3n) is 19.0. The number of carbonyl (C=O) groups is 7. The maximum absolute atomic E-state index is 14.8. The average molecular weight is 1210 g/mol. The first-order valence-electron chi connectivity index (χ1n) is 32.8. The van der Waals surface area contributed by atoms with Crippen molar-refractivity contribution in [2.45, 2.75) is 196 Å². The molecule has 0 radical (unpaired) electrons. The second-order valence-electron chi connectivity index (χ2n) is 24.9. The summed E-state index contributed by atoms with van der Waals surface area (Å²) in [5, 5.41) is 37.3. The predicted molar refractivity (Wildman–Crippen MR) is 342 cm³/mol. The highest BCUT2D eigenvalue weighted by atomic mass is 16.3. The van der Waals surface area contributed by atoms with Gasteiger partial charge in [0.1, 0.15) is 36.4 Å². The number of rotatable bonds is 30. The van der Waals surface area contributed by atoms with Crippen molar-refractivity contribution in [3.8, 4) is 0 Å². The highest BCUT2D eigenvalue weighted by Gasteiger charge is 2.45. The number of aliphatic hydroxyl groups is 1. The van der Waals surface area contributed by atoms with Gasteiger partial charge in [0.15, 0.2) is 0 Å². The minimum absolute atomic E-state index is 0.0316. The van der Waals surface area contributed by atoms with Gasteiger partial charge in [0.05, 0.1) is 18.1 Å². The molecule has 18 heteroatoms. The van der Waals surface area contributed by atoms with Gasteiger partial charge in [0, 0.05) is 31.5 Å². The third-order valence-corrected chi connectivity index (χ3v) is 19.0. The molecule has 1 unspecified atom stereocenters. The van der Waals surface area contributed by atoms with E-state index in [1.807, 2.05) is 121 Å². The number of unbranched alkanes of at least 4 members (excludes halogenated alkanes) is 3. The van der Waals surface area contributed by atoms with Gasteiger partial charge < -0.3 is 52.1 Å². The minimum atomic E-state index is -1.20. The molecule has 476 valence electrons. The zero-order chi connectivity index (χ0) is 62.4. The molecule has 0 aromatic heterocycles. The van der Waals surface area contributed by atoms with Crippen molar-refractivity contribution in [3.05, 3.63) is 144 Å². The van der Waals surface area contributed by atoms with Gasteiger partial charge in [-0.05, 0) is 133 Å². The maximum Gasteiger partial charge on any atom is 0.246 e. The van der Waals surface area contributed by atoms with E-state index in [0.717, 1.165) is 99.3 Å². The molecule has 2 saturated heterocycles. The second kappa shape index (κ2) is 34.1. The Balaban J connectivity index is 0.921. The number of aliphatic hydroxyl groups excluding tert-OH is 1.